The quantitative estimate of drug-likeness (QED) is 0.462. The minimum Gasteiger partial charge on any atom is -0.258 e. The standard InChI is InChI=1S/C9H5IN2O2/c10-7-3-4-8(12(13)14)6-2-1-5-11-9(6)7/h1-5H. The zero-order valence-electron chi connectivity index (χ0n) is 6.98. The summed E-state index contributed by atoms with van der Waals surface area (Å²) in [5, 5.41) is 11.3. The lowest BCUT2D eigenvalue weighted by atomic mass is 10.2. The summed E-state index contributed by atoms with van der Waals surface area (Å²) in [6.07, 6.45) is 1.63. The maximum atomic E-state index is 10.7. The molecule has 0 aliphatic heterocycles. The van der Waals surface area contributed by atoms with Crippen molar-refractivity contribution in [2.45, 2.75) is 0 Å². The lowest BCUT2D eigenvalue weighted by Gasteiger charge is -1.99. The van der Waals surface area contributed by atoms with Gasteiger partial charge in [-0.05, 0) is 40.8 Å². The first-order chi connectivity index (χ1) is 6.70. The summed E-state index contributed by atoms with van der Waals surface area (Å²) in [4.78, 5) is 14.4. The van der Waals surface area contributed by atoms with Gasteiger partial charge >= 0.3 is 0 Å². The first-order valence-electron chi connectivity index (χ1n) is 3.88. The van der Waals surface area contributed by atoms with Gasteiger partial charge < -0.3 is 0 Å². The van der Waals surface area contributed by atoms with E-state index < -0.39 is 0 Å². The molecule has 0 bridgehead atoms. The Kier molecular flexibility index (Phi) is 2.32. The minimum absolute atomic E-state index is 0.105. The molecule has 0 spiro atoms. The average Bonchev–Trinajstić information content (AvgIpc) is 2.18. The van der Waals surface area contributed by atoms with Crippen LogP contribution in [0.2, 0.25) is 0 Å². The second kappa shape index (κ2) is 3.49. The first kappa shape index (κ1) is 9.32. The van der Waals surface area contributed by atoms with Gasteiger partial charge in [-0.15, -0.1) is 0 Å². The van der Waals surface area contributed by atoms with E-state index in [1.807, 2.05) is 0 Å². The molecule has 0 aliphatic rings. The Hall–Kier alpha value is -1.24. The Morgan fingerprint density at radius 1 is 1.36 bits per heavy atom. The van der Waals surface area contributed by atoms with Crippen molar-refractivity contribution in [1.82, 2.24) is 4.98 Å². The fraction of sp³-hybridized carbons (Fsp3) is 0. The van der Waals surface area contributed by atoms with Crippen LogP contribution in [0.4, 0.5) is 5.69 Å². The molecule has 0 saturated carbocycles. The van der Waals surface area contributed by atoms with Crippen molar-refractivity contribution in [3.63, 3.8) is 0 Å². The predicted octanol–water partition coefficient (Wildman–Crippen LogP) is 2.75. The fourth-order valence-electron chi connectivity index (χ4n) is 1.28. The maximum Gasteiger partial charge on any atom is 0.278 e. The normalized spacial score (nSPS) is 10.4. The number of pyridine rings is 1. The summed E-state index contributed by atoms with van der Waals surface area (Å²) in [6.45, 7) is 0. The number of hydrogen-bond acceptors (Lipinski definition) is 3. The molecule has 70 valence electrons. The Labute approximate surface area is 93.2 Å². The molecule has 4 nitrogen and oxygen atoms in total. The number of non-ortho nitro benzene ring substituents is 1. The van der Waals surface area contributed by atoms with Gasteiger partial charge in [-0.25, -0.2) is 0 Å². The number of benzene rings is 1. The van der Waals surface area contributed by atoms with Gasteiger partial charge in [0.25, 0.3) is 5.69 Å². The van der Waals surface area contributed by atoms with Crippen molar-refractivity contribution in [2.24, 2.45) is 0 Å². The zero-order chi connectivity index (χ0) is 10.1. The van der Waals surface area contributed by atoms with Gasteiger partial charge in [-0.3, -0.25) is 15.1 Å². The van der Waals surface area contributed by atoms with Crippen LogP contribution < -0.4 is 0 Å². The topological polar surface area (TPSA) is 56.0 Å². The van der Waals surface area contributed by atoms with E-state index >= 15 is 0 Å². The van der Waals surface area contributed by atoms with Crippen molar-refractivity contribution < 1.29 is 4.92 Å². The molecule has 14 heavy (non-hydrogen) atoms. The second-order valence-corrected chi connectivity index (χ2v) is 3.89. The monoisotopic (exact) mass is 300 g/mol. The molecule has 5 heteroatoms. The van der Waals surface area contributed by atoms with Crippen molar-refractivity contribution in [3.8, 4) is 0 Å². The Morgan fingerprint density at radius 3 is 2.86 bits per heavy atom. The summed E-state index contributed by atoms with van der Waals surface area (Å²) in [6, 6.07) is 6.62. The molecule has 0 unspecified atom stereocenters. The van der Waals surface area contributed by atoms with E-state index in [1.165, 1.54) is 6.07 Å². The van der Waals surface area contributed by atoms with Crippen LogP contribution in [0.5, 0.6) is 0 Å². The third kappa shape index (κ3) is 1.43. The van der Waals surface area contributed by atoms with Crippen molar-refractivity contribution in [2.75, 3.05) is 0 Å². The SMILES string of the molecule is O=[N+]([O-])c1ccc(I)c2ncccc12. The number of rotatable bonds is 1. The van der Waals surface area contributed by atoms with Gasteiger partial charge in [0.15, 0.2) is 0 Å². The molecule has 0 radical (unpaired) electrons. The van der Waals surface area contributed by atoms with Crippen molar-refractivity contribution in [3.05, 3.63) is 44.1 Å². The molecule has 1 aromatic carbocycles. The lowest BCUT2D eigenvalue weighted by Crippen LogP contribution is -1.91. The highest BCUT2D eigenvalue weighted by Gasteiger charge is 2.13. The van der Waals surface area contributed by atoms with E-state index in [2.05, 4.69) is 27.6 Å². The van der Waals surface area contributed by atoms with Crippen LogP contribution >= 0.6 is 22.6 Å². The average molecular weight is 300 g/mol. The van der Waals surface area contributed by atoms with Gasteiger partial charge in [0, 0.05) is 15.8 Å². The number of nitro benzene ring substituents is 1. The molecule has 0 atom stereocenters. The molecular formula is C9H5IN2O2. The largest absolute Gasteiger partial charge is 0.278 e. The molecule has 1 aromatic heterocycles. The number of nitro groups is 1. The van der Waals surface area contributed by atoms with Crippen LogP contribution in [0.25, 0.3) is 10.9 Å². The molecule has 2 aromatic rings. The smallest absolute Gasteiger partial charge is 0.258 e. The van der Waals surface area contributed by atoms with Gasteiger partial charge in [0.05, 0.1) is 15.8 Å². The number of fused-ring (bicyclic) bond motifs is 1. The van der Waals surface area contributed by atoms with Crippen LogP contribution in [0.1, 0.15) is 0 Å². The molecular weight excluding hydrogens is 295 g/mol. The molecule has 2 rings (SSSR count). The van der Waals surface area contributed by atoms with Gasteiger partial charge in [-0.1, -0.05) is 0 Å². The van der Waals surface area contributed by atoms with Crippen LogP contribution in [-0.2, 0) is 0 Å². The van der Waals surface area contributed by atoms with Crippen LogP contribution in [0.3, 0.4) is 0 Å². The fourth-order valence-corrected chi connectivity index (χ4v) is 1.89. The zero-order valence-corrected chi connectivity index (χ0v) is 9.13. The van der Waals surface area contributed by atoms with Crippen LogP contribution in [0.15, 0.2) is 30.5 Å². The molecule has 0 amide bonds. The van der Waals surface area contributed by atoms with Gasteiger partial charge in [0.1, 0.15) is 0 Å². The van der Waals surface area contributed by atoms with E-state index in [9.17, 15) is 10.1 Å². The Balaban J connectivity index is 2.88. The summed E-state index contributed by atoms with van der Waals surface area (Å²) < 4.78 is 0.920. The van der Waals surface area contributed by atoms with E-state index in [0.717, 1.165) is 3.57 Å². The van der Waals surface area contributed by atoms with E-state index in [4.69, 9.17) is 0 Å². The Morgan fingerprint density at radius 2 is 2.14 bits per heavy atom. The number of halogens is 1. The molecule has 1 heterocycles. The predicted molar refractivity (Wildman–Crippen MR) is 61.1 cm³/mol. The van der Waals surface area contributed by atoms with Crippen molar-refractivity contribution >= 4 is 39.2 Å². The number of hydrogen-bond donors (Lipinski definition) is 0. The lowest BCUT2D eigenvalue weighted by molar-refractivity contribution is -0.383. The first-order valence-corrected chi connectivity index (χ1v) is 4.95. The second-order valence-electron chi connectivity index (χ2n) is 2.72. The Bertz CT molecular complexity index is 513. The number of nitrogens with zero attached hydrogens (tertiary/aromatic N) is 2. The summed E-state index contributed by atoms with van der Waals surface area (Å²) in [5.74, 6) is 0. The van der Waals surface area contributed by atoms with Crippen LogP contribution in [0, 0.1) is 13.7 Å². The van der Waals surface area contributed by atoms with Gasteiger partial charge in [0.2, 0.25) is 0 Å². The highest BCUT2D eigenvalue weighted by molar-refractivity contribution is 14.1. The number of aromatic nitrogens is 1. The third-order valence-corrected chi connectivity index (χ3v) is 2.76. The summed E-state index contributed by atoms with van der Waals surface area (Å²) >= 11 is 2.11. The van der Waals surface area contributed by atoms with Crippen LogP contribution in [-0.4, -0.2) is 9.91 Å². The highest BCUT2D eigenvalue weighted by atomic mass is 127. The van der Waals surface area contributed by atoms with E-state index in [-0.39, 0.29) is 10.6 Å². The maximum absolute atomic E-state index is 10.7. The summed E-state index contributed by atoms with van der Waals surface area (Å²) in [5.41, 5.74) is 0.788. The van der Waals surface area contributed by atoms with E-state index in [1.54, 1.807) is 24.4 Å². The molecule has 0 aliphatic carbocycles. The van der Waals surface area contributed by atoms with Gasteiger partial charge in [-0.2, -0.15) is 0 Å². The third-order valence-electron chi connectivity index (χ3n) is 1.89. The molecule has 0 fully saturated rings. The van der Waals surface area contributed by atoms with Crippen molar-refractivity contribution in [1.29, 1.82) is 0 Å². The molecule has 0 saturated heterocycles. The summed E-state index contributed by atoms with van der Waals surface area (Å²) in [7, 11) is 0. The minimum atomic E-state index is -0.389. The van der Waals surface area contributed by atoms with E-state index in [0.29, 0.717) is 10.9 Å². The molecule has 0 N–H and O–H groups in total. The highest BCUT2D eigenvalue weighted by Crippen LogP contribution is 2.27.